The number of aliphatic carboxylic acids is 1. The minimum absolute atomic E-state index is 0.0452. The van der Waals surface area contributed by atoms with E-state index in [1.165, 1.54) is 18.2 Å². The highest BCUT2D eigenvalue weighted by Gasteiger charge is 2.36. The minimum atomic E-state index is -4.49. The molecular formula is C21H20F2N2O8S2. The number of carboxylic acids is 1. The van der Waals surface area contributed by atoms with Gasteiger partial charge < -0.3 is 14.6 Å². The highest BCUT2D eigenvalue weighted by Crippen LogP contribution is 2.33. The summed E-state index contributed by atoms with van der Waals surface area (Å²) in [5, 5.41) is 8.63. The maximum Gasteiger partial charge on any atom is 0.328 e. The van der Waals surface area contributed by atoms with Gasteiger partial charge in [0.15, 0.2) is 11.5 Å². The summed E-state index contributed by atoms with van der Waals surface area (Å²) >= 11 is 0. The van der Waals surface area contributed by atoms with E-state index in [0.29, 0.717) is 30.6 Å². The summed E-state index contributed by atoms with van der Waals surface area (Å²) < 4.78 is 93.6. The number of ether oxygens (including phenoxy) is 2. The number of piperazine rings is 1. The molecule has 10 nitrogen and oxygen atoms in total. The van der Waals surface area contributed by atoms with Gasteiger partial charge in [-0.3, -0.25) is 0 Å². The predicted molar refractivity (Wildman–Crippen MR) is 118 cm³/mol. The first kappa shape index (κ1) is 25.0. The summed E-state index contributed by atoms with van der Waals surface area (Å²) in [6.45, 7) is -0.358. The molecule has 0 bridgehead atoms. The number of fused-ring (bicyclic) bond motifs is 1. The molecule has 2 heterocycles. The first-order valence-corrected chi connectivity index (χ1v) is 13.2. The van der Waals surface area contributed by atoms with Crippen molar-refractivity contribution in [3.63, 3.8) is 0 Å². The van der Waals surface area contributed by atoms with E-state index >= 15 is 0 Å². The molecule has 1 saturated heterocycles. The van der Waals surface area contributed by atoms with E-state index in [9.17, 15) is 30.4 Å². The van der Waals surface area contributed by atoms with Gasteiger partial charge in [0.05, 0.1) is 4.90 Å². The van der Waals surface area contributed by atoms with Crippen LogP contribution >= 0.6 is 0 Å². The van der Waals surface area contributed by atoms with Crippen LogP contribution in [0.15, 0.2) is 46.2 Å². The van der Waals surface area contributed by atoms with E-state index in [-0.39, 0.29) is 43.4 Å². The first-order chi connectivity index (χ1) is 16.5. The minimum Gasteiger partial charge on any atom is -0.486 e. The Kier molecular flexibility index (Phi) is 6.81. The van der Waals surface area contributed by atoms with Gasteiger partial charge in [-0.2, -0.15) is 8.61 Å². The molecule has 0 aliphatic carbocycles. The van der Waals surface area contributed by atoms with Gasteiger partial charge in [0.25, 0.3) is 0 Å². The second-order valence-corrected chi connectivity index (χ2v) is 11.4. The van der Waals surface area contributed by atoms with Crippen molar-refractivity contribution < 1.29 is 45.0 Å². The monoisotopic (exact) mass is 530 g/mol. The van der Waals surface area contributed by atoms with Crippen molar-refractivity contribution in [2.45, 2.75) is 9.79 Å². The number of hydrogen-bond donors (Lipinski definition) is 1. The smallest absolute Gasteiger partial charge is 0.328 e. The molecular weight excluding hydrogens is 510 g/mol. The van der Waals surface area contributed by atoms with Gasteiger partial charge in [-0.1, -0.05) is 0 Å². The summed E-state index contributed by atoms with van der Waals surface area (Å²) in [7, 11) is -8.47. The fraction of sp³-hybridized carbons (Fsp3) is 0.286. The molecule has 2 aromatic rings. The highest BCUT2D eigenvalue weighted by atomic mass is 32.2. The summed E-state index contributed by atoms with van der Waals surface area (Å²) in [4.78, 5) is 9.62. The Balaban J connectivity index is 1.51. The van der Waals surface area contributed by atoms with Crippen LogP contribution in [0, 0.1) is 11.6 Å². The van der Waals surface area contributed by atoms with Crippen LogP contribution in [-0.2, 0) is 24.8 Å². The molecule has 2 aliphatic rings. The van der Waals surface area contributed by atoms with Gasteiger partial charge in [0, 0.05) is 43.9 Å². The average molecular weight is 531 g/mol. The van der Waals surface area contributed by atoms with Gasteiger partial charge in [0.2, 0.25) is 20.0 Å². The third-order valence-corrected chi connectivity index (χ3v) is 9.23. The largest absolute Gasteiger partial charge is 0.486 e. The molecule has 0 amide bonds. The standard InChI is InChI=1S/C21H20F2N2O8S2/c22-16-13-20(17(23)11-14(16)1-4-21(26)27)35(30,31)25-7-5-24(6-8-25)34(28,29)15-2-3-18-19(12-15)33-10-9-32-18/h1-4,11-13H,5-10H2,(H,26,27)/b4-1+. The van der Waals surface area contributed by atoms with E-state index in [2.05, 4.69) is 0 Å². The lowest BCUT2D eigenvalue weighted by molar-refractivity contribution is -0.131. The normalized spacial score (nSPS) is 17.5. The summed E-state index contributed by atoms with van der Waals surface area (Å²) in [5.74, 6) is -3.06. The van der Waals surface area contributed by atoms with E-state index in [4.69, 9.17) is 14.6 Å². The van der Waals surface area contributed by atoms with E-state index in [1.807, 2.05) is 0 Å². The lowest BCUT2D eigenvalue weighted by Crippen LogP contribution is -2.50. The molecule has 4 rings (SSSR count). The SMILES string of the molecule is O=C(O)/C=C/c1cc(F)c(S(=O)(=O)N2CCN(S(=O)(=O)c3ccc4c(c3)OCCO4)CC2)cc1F. The highest BCUT2D eigenvalue weighted by molar-refractivity contribution is 7.89. The van der Waals surface area contributed by atoms with Crippen LogP contribution in [-0.4, -0.2) is 75.9 Å². The van der Waals surface area contributed by atoms with Crippen LogP contribution in [0.2, 0.25) is 0 Å². The number of rotatable bonds is 6. The first-order valence-electron chi connectivity index (χ1n) is 10.3. The van der Waals surface area contributed by atoms with Gasteiger partial charge in [-0.05, 0) is 30.3 Å². The summed E-state index contributed by atoms with van der Waals surface area (Å²) in [6, 6.07) is 5.25. The molecule has 35 heavy (non-hydrogen) atoms. The molecule has 0 saturated carbocycles. The van der Waals surface area contributed by atoms with Crippen molar-refractivity contribution in [3.05, 3.63) is 53.6 Å². The average Bonchev–Trinajstić information content (AvgIpc) is 2.83. The van der Waals surface area contributed by atoms with Crippen LogP contribution in [0.1, 0.15) is 5.56 Å². The van der Waals surface area contributed by atoms with Crippen molar-refractivity contribution in [1.82, 2.24) is 8.61 Å². The van der Waals surface area contributed by atoms with Crippen LogP contribution in [0.25, 0.3) is 6.08 Å². The van der Waals surface area contributed by atoms with Crippen molar-refractivity contribution in [3.8, 4) is 11.5 Å². The number of carbonyl (C=O) groups is 1. The summed E-state index contributed by atoms with van der Waals surface area (Å²) in [6.07, 6.45) is 1.39. The predicted octanol–water partition coefficient (Wildman–Crippen LogP) is 1.53. The third-order valence-electron chi connectivity index (χ3n) is 5.42. The Morgan fingerprint density at radius 3 is 2.09 bits per heavy atom. The Morgan fingerprint density at radius 2 is 1.46 bits per heavy atom. The van der Waals surface area contributed by atoms with E-state index in [1.54, 1.807) is 0 Å². The number of hydrogen-bond acceptors (Lipinski definition) is 7. The Labute approximate surface area is 200 Å². The molecule has 0 aromatic heterocycles. The molecule has 0 radical (unpaired) electrons. The van der Waals surface area contributed by atoms with Gasteiger partial charge in [-0.15, -0.1) is 0 Å². The third kappa shape index (κ3) is 5.00. The fourth-order valence-corrected chi connectivity index (χ4v) is 6.57. The molecule has 1 fully saturated rings. The van der Waals surface area contributed by atoms with Gasteiger partial charge in [-0.25, -0.2) is 30.4 Å². The Hall–Kier alpha value is -3.07. The second kappa shape index (κ2) is 9.53. The number of benzene rings is 2. The van der Waals surface area contributed by atoms with Crippen LogP contribution < -0.4 is 9.47 Å². The number of nitrogens with zero attached hydrogens (tertiary/aromatic N) is 2. The molecule has 14 heteroatoms. The molecule has 2 aliphatic heterocycles. The number of sulfonamides is 2. The van der Waals surface area contributed by atoms with Crippen LogP contribution in [0.3, 0.4) is 0 Å². The maximum absolute atomic E-state index is 14.5. The van der Waals surface area contributed by atoms with Crippen molar-refractivity contribution in [2.75, 3.05) is 39.4 Å². The van der Waals surface area contributed by atoms with E-state index < -0.39 is 48.1 Å². The molecule has 1 N–H and O–H groups in total. The van der Waals surface area contributed by atoms with Crippen molar-refractivity contribution in [1.29, 1.82) is 0 Å². The molecule has 0 unspecified atom stereocenters. The topological polar surface area (TPSA) is 131 Å². The molecule has 188 valence electrons. The zero-order chi connectivity index (χ0) is 25.4. The fourth-order valence-electron chi connectivity index (χ4n) is 3.65. The number of carboxylic acid groups (broad SMARTS) is 1. The van der Waals surface area contributed by atoms with Gasteiger partial charge >= 0.3 is 5.97 Å². The molecule has 2 aromatic carbocycles. The Morgan fingerprint density at radius 1 is 0.857 bits per heavy atom. The van der Waals surface area contributed by atoms with Crippen molar-refractivity contribution in [2.24, 2.45) is 0 Å². The lowest BCUT2D eigenvalue weighted by atomic mass is 10.2. The molecule has 0 spiro atoms. The zero-order valence-corrected chi connectivity index (χ0v) is 19.7. The second-order valence-electron chi connectivity index (χ2n) is 7.59. The number of halogens is 2. The lowest BCUT2D eigenvalue weighted by Gasteiger charge is -2.33. The van der Waals surface area contributed by atoms with Crippen molar-refractivity contribution >= 4 is 32.1 Å². The quantitative estimate of drug-likeness (QED) is 0.557. The van der Waals surface area contributed by atoms with Crippen LogP contribution in [0.4, 0.5) is 8.78 Å². The Bertz CT molecular complexity index is 1400. The van der Waals surface area contributed by atoms with Crippen LogP contribution in [0.5, 0.6) is 11.5 Å². The van der Waals surface area contributed by atoms with E-state index in [0.717, 1.165) is 14.7 Å². The maximum atomic E-state index is 14.5. The zero-order valence-electron chi connectivity index (χ0n) is 18.1. The summed E-state index contributed by atoms with van der Waals surface area (Å²) in [5.41, 5.74) is -0.431. The molecule has 0 atom stereocenters. The van der Waals surface area contributed by atoms with Gasteiger partial charge in [0.1, 0.15) is 29.7 Å².